The molecule has 0 spiro atoms. The number of nitrogens with one attached hydrogen (secondary N) is 2. The average molecular weight is 369 g/mol. The lowest BCUT2D eigenvalue weighted by Gasteiger charge is -2.31. The predicted octanol–water partition coefficient (Wildman–Crippen LogP) is 0.856. The average Bonchev–Trinajstić information content (AvgIpc) is 3.01. The van der Waals surface area contributed by atoms with Crippen molar-refractivity contribution in [2.45, 2.75) is 32.2 Å². The number of piperidine rings is 1. The molecule has 0 unspecified atom stereocenters. The number of hydrogen-bond acceptors (Lipinski definition) is 2. The molecule has 1 fully saturated rings. The molecule has 1 aromatic rings. The third kappa shape index (κ3) is 3.46. The summed E-state index contributed by atoms with van der Waals surface area (Å²) in [5, 5.41) is 3.01. The van der Waals surface area contributed by atoms with Crippen LogP contribution < -0.4 is 10.2 Å². The molecule has 1 saturated heterocycles. The fourth-order valence-corrected chi connectivity index (χ4v) is 4.41. The van der Waals surface area contributed by atoms with Crippen LogP contribution in [0.4, 0.5) is 4.79 Å². The van der Waals surface area contributed by atoms with Gasteiger partial charge in [-0.3, -0.25) is 9.69 Å². The van der Waals surface area contributed by atoms with Crippen molar-refractivity contribution in [2.24, 2.45) is 0 Å². The fourth-order valence-electron chi connectivity index (χ4n) is 4.41. The van der Waals surface area contributed by atoms with Crippen molar-refractivity contribution in [1.29, 1.82) is 0 Å². The maximum Gasteiger partial charge on any atom is 0.322 e. The molecule has 6 nitrogen and oxygen atoms in total. The summed E-state index contributed by atoms with van der Waals surface area (Å²) in [4.78, 5) is 30.8. The highest BCUT2D eigenvalue weighted by Gasteiger charge is 2.42. The number of urea groups is 1. The van der Waals surface area contributed by atoms with Gasteiger partial charge in [0.15, 0.2) is 0 Å². The fraction of sp³-hybridized carbons (Fsp3) is 0.524. The van der Waals surface area contributed by atoms with E-state index in [1.54, 1.807) is 16.8 Å². The van der Waals surface area contributed by atoms with Crippen molar-refractivity contribution in [1.82, 2.24) is 15.1 Å². The summed E-state index contributed by atoms with van der Waals surface area (Å²) >= 11 is 0. The number of likely N-dealkylation sites (tertiary alicyclic amines) is 1. The third-order valence-electron chi connectivity index (χ3n) is 6.14. The van der Waals surface area contributed by atoms with Crippen molar-refractivity contribution in [3.63, 3.8) is 0 Å². The molecule has 3 amide bonds. The van der Waals surface area contributed by atoms with Gasteiger partial charge in [-0.25, -0.2) is 4.79 Å². The Bertz CT molecular complexity index is 765. The lowest BCUT2D eigenvalue weighted by molar-refractivity contribution is -0.904. The highest BCUT2D eigenvalue weighted by Crippen LogP contribution is 2.35. The van der Waals surface area contributed by atoms with E-state index < -0.39 is 0 Å². The summed E-state index contributed by atoms with van der Waals surface area (Å²) in [6, 6.07) is 7.56. The van der Waals surface area contributed by atoms with Gasteiger partial charge in [-0.2, -0.15) is 0 Å². The van der Waals surface area contributed by atoms with E-state index in [2.05, 4.69) is 5.32 Å². The second-order valence-corrected chi connectivity index (χ2v) is 8.00. The Hall–Kier alpha value is -2.34. The topological polar surface area (TPSA) is 57.1 Å². The van der Waals surface area contributed by atoms with Gasteiger partial charge < -0.3 is 15.1 Å². The molecule has 1 atom stereocenters. The lowest BCUT2D eigenvalue weighted by atomic mass is 9.95. The minimum absolute atomic E-state index is 0.0684. The number of amides is 3. The summed E-state index contributed by atoms with van der Waals surface area (Å²) in [7, 11) is 1.75. The first kappa shape index (κ1) is 18.0. The highest BCUT2D eigenvalue weighted by atomic mass is 16.2. The molecular formula is C21H29N4O2+. The summed E-state index contributed by atoms with van der Waals surface area (Å²) < 4.78 is 0. The van der Waals surface area contributed by atoms with E-state index >= 15 is 0 Å². The molecule has 2 N–H and O–H groups in total. The molecule has 1 aromatic carbocycles. The molecule has 0 aliphatic carbocycles. The molecular weight excluding hydrogens is 340 g/mol. The van der Waals surface area contributed by atoms with Crippen molar-refractivity contribution in [2.75, 3.05) is 39.8 Å². The highest BCUT2D eigenvalue weighted by molar-refractivity contribution is 6.01. The van der Waals surface area contributed by atoms with Crippen LogP contribution in [0.2, 0.25) is 0 Å². The number of carbonyl (C=O) groups excluding carboxylic acids is 2. The zero-order valence-electron chi connectivity index (χ0n) is 16.3. The van der Waals surface area contributed by atoms with Crippen molar-refractivity contribution in [3.8, 4) is 0 Å². The molecule has 3 aliphatic heterocycles. The summed E-state index contributed by atoms with van der Waals surface area (Å²) in [5.41, 5.74) is 3.71. The van der Waals surface area contributed by atoms with Crippen LogP contribution in [0.5, 0.6) is 0 Å². The third-order valence-corrected chi connectivity index (χ3v) is 6.14. The Morgan fingerprint density at radius 2 is 1.81 bits per heavy atom. The standard InChI is InChI=1S/C21H28N4O2/c1-15-6-8-16(9-7-15)19-18-17(23(2)21(27)22-19)14-25(20(18)26)13-12-24-10-4-3-5-11-24/h6-9,19H,3-5,10-14H2,1-2H3,(H,22,27)/p+1/t19-/m1/s1. The largest absolute Gasteiger partial charge is 0.333 e. The summed E-state index contributed by atoms with van der Waals surface area (Å²) in [5.74, 6) is 0.0684. The first-order valence-corrected chi connectivity index (χ1v) is 10.0. The van der Waals surface area contributed by atoms with Crippen LogP contribution in [0, 0.1) is 6.92 Å². The van der Waals surface area contributed by atoms with Gasteiger partial charge in [0.05, 0.1) is 50.0 Å². The normalized spacial score (nSPS) is 23.7. The van der Waals surface area contributed by atoms with E-state index in [9.17, 15) is 9.59 Å². The maximum atomic E-state index is 13.2. The minimum atomic E-state index is -0.357. The summed E-state index contributed by atoms with van der Waals surface area (Å²) in [6.45, 7) is 6.74. The molecule has 3 aliphatic rings. The molecule has 27 heavy (non-hydrogen) atoms. The van der Waals surface area contributed by atoms with E-state index in [0.29, 0.717) is 6.54 Å². The molecule has 0 saturated carbocycles. The Balaban J connectivity index is 1.53. The second kappa shape index (κ2) is 7.35. The van der Waals surface area contributed by atoms with Crippen LogP contribution in [0.15, 0.2) is 35.5 Å². The van der Waals surface area contributed by atoms with Gasteiger partial charge in [-0.1, -0.05) is 29.8 Å². The van der Waals surface area contributed by atoms with E-state index in [1.807, 2.05) is 36.1 Å². The molecule has 0 aromatic heterocycles. The van der Waals surface area contributed by atoms with Crippen molar-refractivity contribution >= 4 is 11.9 Å². The quantitative estimate of drug-likeness (QED) is 0.827. The van der Waals surface area contributed by atoms with Crippen LogP contribution in [-0.4, -0.2) is 61.5 Å². The second-order valence-electron chi connectivity index (χ2n) is 8.00. The smallest absolute Gasteiger partial charge is 0.322 e. The number of likely N-dealkylation sites (N-methyl/N-ethyl adjacent to an activating group) is 1. The number of hydrogen-bond donors (Lipinski definition) is 2. The van der Waals surface area contributed by atoms with Gasteiger partial charge in [0.1, 0.15) is 0 Å². The SMILES string of the molecule is Cc1ccc([C@H]2NC(=O)N(C)C3=C2C(=O)N(CC[NH+]2CCCCC2)C3)cc1. The number of rotatable bonds is 4. The Morgan fingerprint density at radius 1 is 1.11 bits per heavy atom. The Kier molecular flexibility index (Phi) is 4.91. The predicted molar refractivity (Wildman–Crippen MR) is 103 cm³/mol. The van der Waals surface area contributed by atoms with Crippen molar-refractivity contribution in [3.05, 3.63) is 46.7 Å². The van der Waals surface area contributed by atoms with Gasteiger partial charge in [-0.05, 0) is 31.7 Å². The first-order valence-electron chi connectivity index (χ1n) is 10.0. The lowest BCUT2D eigenvalue weighted by Crippen LogP contribution is -3.13. The summed E-state index contributed by atoms with van der Waals surface area (Å²) in [6.07, 6.45) is 3.90. The molecule has 4 rings (SSSR count). The van der Waals surface area contributed by atoms with Crippen molar-refractivity contribution < 1.29 is 14.5 Å². The van der Waals surface area contributed by atoms with Gasteiger partial charge >= 0.3 is 6.03 Å². The Labute approximate surface area is 160 Å². The molecule has 3 heterocycles. The number of benzene rings is 1. The molecule has 0 radical (unpaired) electrons. The Morgan fingerprint density at radius 3 is 2.52 bits per heavy atom. The van der Waals surface area contributed by atoms with Crippen LogP contribution in [0.3, 0.4) is 0 Å². The maximum absolute atomic E-state index is 13.2. The molecule has 0 bridgehead atoms. The number of quaternary nitrogens is 1. The van der Waals surface area contributed by atoms with E-state index in [4.69, 9.17) is 0 Å². The van der Waals surface area contributed by atoms with Crippen LogP contribution >= 0.6 is 0 Å². The first-order chi connectivity index (χ1) is 13.0. The van der Waals surface area contributed by atoms with Gasteiger partial charge in [0.25, 0.3) is 5.91 Å². The number of aryl methyl sites for hydroxylation is 1. The van der Waals surface area contributed by atoms with Gasteiger partial charge in [-0.15, -0.1) is 0 Å². The molecule has 6 heteroatoms. The number of carbonyl (C=O) groups is 2. The zero-order valence-corrected chi connectivity index (χ0v) is 16.3. The van der Waals surface area contributed by atoms with E-state index in [1.165, 1.54) is 32.4 Å². The van der Waals surface area contributed by atoms with Crippen LogP contribution in [0.25, 0.3) is 0 Å². The van der Waals surface area contributed by atoms with E-state index in [0.717, 1.165) is 35.5 Å². The minimum Gasteiger partial charge on any atom is -0.333 e. The monoisotopic (exact) mass is 369 g/mol. The van der Waals surface area contributed by atoms with Crippen LogP contribution in [0.1, 0.15) is 36.4 Å². The molecule has 144 valence electrons. The van der Waals surface area contributed by atoms with E-state index in [-0.39, 0.29) is 18.0 Å². The van der Waals surface area contributed by atoms with Gasteiger partial charge in [0.2, 0.25) is 0 Å². The van der Waals surface area contributed by atoms with Gasteiger partial charge in [0, 0.05) is 7.05 Å². The zero-order chi connectivity index (χ0) is 19.0. The van der Waals surface area contributed by atoms with Crippen LogP contribution in [-0.2, 0) is 4.79 Å². The number of nitrogens with zero attached hydrogens (tertiary/aromatic N) is 2.